The van der Waals surface area contributed by atoms with E-state index in [9.17, 15) is 5.26 Å². The summed E-state index contributed by atoms with van der Waals surface area (Å²) in [6.45, 7) is 6.77. The largest absolute Gasteiger partial charge is 0.192 e. The number of nitriles is 1. The van der Waals surface area contributed by atoms with Crippen LogP contribution in [-0.2, 0) is 5.41 Å². The first-order valence-electron chi connectivity index (χ1n) is 14.1. The maximum atomic E-state index is 9.55. The summed E-state index contributed by atoms with van der Waals surface area (Å²) in [6.07, 6.45) is 0. The fourth-order valence-corrected chi connectivity index (χ4v) is 8.22. The molecule has 1 heterocycles. The van der Waals surface area contributed by atoms with Crippen LogP contribution in [0.1, 0.15) is 35.4 Å². The highest BCUT2D eigenvalue weighted by molar-refractivity contribution is 7.16. The van der Waals surface area contributed by atoms with E-state index in [1.165, 1.54) is 81.7 Å². The molecule has 0 radical (unpaired) electrons. The van der Waals surface area contributed by atoms with E-state index in [1.807, 2.05) is 0 Å². The topological polar surface area (TPSA) is 23.8 Å². The number of aryl methyl sites for hydroxylation is 1. The second-order valence-electron chi connectivity index (χ2n) is 11.7. The van der Waals surface area contributed by atoms with E-state index >= 15 is 0 Å². The summed E-state index contributed by atoms with van der Waals surface area (Å²) in [5.74, 6) is 0. The van der Waals surface area contributed by atoms with Crippen molar-refractivity contribution in [2.45, 2.75) is 26.2 Å². The van der Waals surface area contributed by atoms with Gasteiger partial charge < -0.3 is 0 Å². The highest BCUT2D eigenvalue weighted by atomic mass is 32.1. The predicted octanol–water partition coefficient (Wildman–Crippen LogP) is 11.0. The van der Waals surface area contributed by atoms with Crippen molar-refractivity contribution in [3.63, 3.8) is 0 Å². The molecule has 0 unspecified atom stereocenters. The Morgan fingerprint density at radius 3 is 1.88 bits per heavy atom. The van der Waals surface area contributed by atoms with Crippen LogP contribution in [0.5, 0.6) is 0 Å². The van der Waals surface area contributed by atoms with E-state index in [0.717, 1.165) is 4.88 Å². The minimum Gasteiger partial charge on any atom is -0.192 e. The van der Waals surface area contributed by atoms with Gasteiger partial charge in [-0.25, -0.2) is 0 Å². The van der Waals surface area contributed by atoms with Crippen molar-refractivity contribution in [2.24, 2.45) is 0 Å². The van der Waals surface area contributed by atoms with Crippen LogP contribution in [0.25, 0.3) is 65.0 Å². The normalized spacial score (nSPS) is 13.4. The summed E-state index contributed by atoms with van der Waals surface area (Å²) < 4.78 is 0. The van der Waals surface area contributed by atoms with Crippen molar-refractivity contribution in [1.29, 1.82) is 5.26 Å². The van der Waals surface area contributed by atoms with Gasteiger partial charge in [0, 0.05) is 10.3 Å². The zero-order chi connectivity index (χ0) is 27.9. The van der Waals surface area contributed by atoms with Gasteiger partial charge in [0.25, 0.3) is 0 Å². The van der Waals surface area contributed by atoms with Gasteiger partial charge in [0.15, 0.2) is 0 Å². The lowest BCUT2D eigenvalue weighted by atomic mass is 9.80. The van der Waals surface area contributed by atoms with Gasteiger partial charge in [0.05, 0.1) is 0 Å². The molecule has 0 N–H and O–H groups in total. The molecule has 2 heteroatoms. The number of rotatable bonds is 2. The minimum absolute atomic E-state index is 0.154. The molecule has 1 nitrogen and oxygen atoms in total. The van der Waals surface area contributed by atoms with E-state index in [2.05, 4.69) is 136 Å². The van der Waals surface area contributed by atoms with Crippen molar-refractivity contribution in [3.05, 3.63) is 131 Å². The molecule has 41 heavy (non-hydrogen) atoms. The predicted molar refractivity (Wildman–Crippen MR) is 175 cm³/mol. The van der Waals surface area contributed by atoms with Gasteiger partial charge in [0.2, 0.25) is 0 Å². The monoisotopic (exact) mass is 541 g/mol. The van der Waals surface area contributed by atoms with Gasteiger partial charge >= 0.3 is 0 Å². The lowest BCUT2D eigenvalue weighted by molar-refractivity contribution is 0.662. The summed E-state index contributed by atoms with van der Waals surface area (Å²) in [5.41, 5.74) is 10.1. The molecule has 1 aromatic heterocycles. The van der Waals surface area contributed by atoms with Crippen LogP contribution in [0.3, 0.4) is 0 Å². The molecule has 0 saturated carbocycles. The summed E-state index contributed by atoms with van der Waals surface area (Å²) in [6, 6.07) is 42.6. The average molecular weight is 542 g/mol. The smallest absolute Gasteiger partial charge is 0.110 e. The molecule has 8 rings (SSSR count). The van der Waals surface area contributed by atoms with Gasteiger partial charge in [-0.1, -0.05) is 111 Å². The molecule has 7 aromatic rings. The second-order valence-corrected chi connectivity index (χ2v) is 12.8. The molecular weight excluding hydrogens is 515 g/mol. The van der Waals surface area contributed by atoms with Crippen molar-refractivity contribution in [3.8, 4) is 38.8 Å². The number of hydrogen-bond acceptors (Lipinski definition) is 2. The third-order valence-electron chi connectivity index (χ3n) is 8.95. The molecule has 1 aliphatic carbocycles. The van der Waals surface area contributed by atoms with E-state index in [1.54, 1.807) is 11.3 Å². The fraction of sp³-hybridized carbons (Fsp3) is 0.103. The third kappa shape index (κ3) is 3.40. The Balaban J connectivity index is 1.46. The lowest BCUT2D eigenvalue weighted by Gasteiger charge is -2.23. The third-order valence-corrected chi connectivity index (χ3v) is 10.0. The van der Waals surface area contributed by atoms with Crippen molar-refractivity contribution >= 4 is 43.7 Å². The fourth-order valence-electron chi connectivity index (χ4n) is 7.07. The quantitative estimate of drug-likeness (QED) is 0.200. The van der Waals surface area contributed by atoms with Crippen molar-refractivity contribution in [2.75, 3.05) is 0 Å². The van der Waals surface area contributed by atoms with E-state index < -0.39 is 0 Å². The summed E-state index contributed by atoms with van der Waals surface area (Å²) >= 11 is 1.61. The summed E-state index contributed by atoms with van der Waals surface area (Å²) in [7, 11) is 0. The van der Waals surface area contributed by atoms with Gasteiger partial charge in [-0.15, -0.1) is 11.3 Å². The Morgan fingerprint density at radius 1 is 0.610 bits per heavy atom. The Labute approximate surface area is 243 Å². The first-order chi connectivity index (χ1) is 20.0. The molecule has 194 valence electrons. The number of thiophene rings is 1. The molecule has 1 aliphatic rings. The maximum absolute atomic E-state index is 9.55. The number of benzene rings is 6. The molecular formula is C39H27NS. The van der Waals surface area contributed by atoms with E-state index in [0.29, 0.717) is 0 Å². The first-order valence-corrected chi connectivity index (χ1v) is 14.9. The standard InChI is InChI=1S/C39H27NS/c1-23-18-24-10-4-5-11-27(24)33(19-23)37-30-14-8-6-12-28(30)36(29-13-7-9-15-31(29)37)25-16-17-32-34(20-25)39(2,3)35-21-26(22-40)41-38(32)35/h4-21H,1-3H3. The first kappa shape index (κ1) is 24.1. The highest BCUT2D eigenvalue weighted by Crippen LogP contribution is 2.54. The molecule has 0 saturated heterocycles. The SMILES string of the molecule is Cc1cc(-c2c3ccccc3c(-c3ccc4c(c3)C(C)(C)c3cc(C#N)sc3-4)c3ccccc23)c2ccccc2c1. The number of hydrogen-bond donors (Lipinski definition) is 0. The molecule has 0 bridgehead atoms. The van der Waals surface area contributed by atoms with Crippen LogP contribution >= 0.6 is 11.3 Å². The average Bonchev–Trinajstić information content (AvgIpc) is 3.52. The second kappa shape index (κ2) is 8.64. The van der Waals surface area contributed by atoms with Crippen LogP contribution < -0.4 is 0 Å². The zero-order valence-corrected chi connectivity index (χ0v) is 24.1. The molecule has 0 amide bonds. The molecule has 0 spiro atoms. The van der Waals surface area contributed by atoms with Gasteiger partial charge in [-0.3, -0.25) is 0 Å². The van der Waals surface area contributed by atoms with Crippen LogP contribution in [0.2, 0.25) is 0 Å². The summed E-state index contributed by atoms with van der Waals surface area (Å²) in [4.78, 5) is 2.03. The number of fused-ring (bicyclic) bond motifs is 6. The molecule has 0 aliphatic heterocycles. The Hall–Kier alpha value is -4.71. The van der Waals surface area contributed by atoms with Gasteiger partial charge in [0.1, 0.15) is 10.9 Å². The Morgan fingerprint density at radius 2 is 1.22 bits per heavy atom. The zero-order valence-electron chi connectivity index (χ0n) is 23.2. The molecule has 6 aromatic carbocycles. The Kier molecular flexibility index (Phi) is 5.08. The van der Waals surface area contributed by atoms with E-state index in [4.69, 9.17) is 0 Å². The van der Waals surface area contributed by atoms with Gasteiger partial charge in [-0.2, -0.15) is 5.26 Å². The van der Waals surface area contributed by atoms with E-state index in [-0.39, 0.29) is 5.41 Å². The van der Waals surface area contributed by atoms with Crippen LogP contribution in [-0.4, -0.2) is 0 Å². The molecule has 0 atom stereocenters. The summed E-state index contributed by atoms with van der Waals surface area (Å²) in [5, 5.41) is 17.2. The lowest BCUT2D eigenvalue weighted by Crippen LogP contribution is -2.14. The highest BCUT2D eigenvalue weighted by Gasteiger charge is 2.37. The Bertz CT molecular complexity index is 2200. The van der Waals surface area contributed by atoms with Crippen molar-refractivity contribution < 1.29 is 0 Å². The molecule has 0 fully saturated rings. The van der Waals surface area contributed by atoms with Crippen molar-refractivity contribution in [1.82, 2.24) is 0 Å². The van der Waals surface area contributed by atoms with Crippen LogP contribution in [0.15, 0.2) is 109 Å². The minimum atomic E-state index is -0.154. The maximum Gasteiger partial charge on any atom is 0.110 e. The van der Waals surface area contributed by atoms with Gasteiger partial charge in [-0.05, 0) is 95.9 Å². The van der Waals surface area contributed by atoms with Crippen LogP contribution in [0, 0.1) is 18.3 Å². The van der Waals surface area contributed by atoms with Crippen LogP contribution in [0.4, 0.5) is 0 Å². The number of nitrogens with zero attached hydrogens (tertiary/aromatic N) is 1.